The first kappa shape index (κ1) is 27.1. The Morgan fingerprint density at radius 1 is 0.667 bits per heavy atom. The second-order valence-corrected chi connectivity index (χ2v) is 12.5. The van der Waals surface area contributed by atoms with Gasteiger partial charge in [0, 0.05) is 0 Å². The molecular weight excluding hydrogens is 404 g/mol. The Morgan fingerprint density at radius 3 is 1.82 bits per heavy atom. The smallest absolute Gasteiger partial charge is 0.310 e. The third-order valence-corrected chi connectivity index (χ3v) is 10.8. The lowest BCUT2D eigenvalue weighted by atomic mass is 9.46. The molecule has 0 aliphatic heterocycles. The SMILES string of the molecule is CCCCCCCC1(C2(C(=O)O)CCCCC2)CCC(CCCCC)(C2CCCCC2)CC1. The Balaban J connectivity index is 1.81. The Labute approximate surface area is 206 Å². The lowest BCUT2D eigenvalue weighted by Gasteiger charge is -2.58. The minimum Gasteiger partial charge on any atom is -0.481 e. The van der Waals surface area contributed by atoms with Gasteiger partial charge in [0.2, 0.25) is 0 Å². The van der Waals surface area contributed by atoms with Crippen molar-refractivity contribution in [3.8, 4) is 0 Å². The zero-order chi connectivity index (χ0) is 23.6. The molecule has 0 unspecified atom stereocenters. The van der Waals surface area contributed by atoms with Crippen LogP contribution in [0.5, 0.6) is 0 Å². The second-order valence-electron chi connectivity index (χ2n) is 12.5. The highest BCUT2D eigenvalue weighted by Gasteiger charge is 2.59. The van der Waals surface area contributed by atoms with Gasteiger partial charge in [0.05, 0.1) is 5.41 Å². The van der Waals surface area contributed by atoms with E-state index >= 15 is 0 Å². The Bertz CT molecular complexity index is 559. The Hall–Kier alpha value is -0.530. The predicted molar refractivity (Wildman–Crippen MR) is 141 cm³/mol. The van der Waals surface area contributed by atoms with E-state index in [1.54, 1.807) is 0 Å². The summed E-state index contributed by atoms with van der Waals surface area (Å²) in [7, 11) is 0. The van der Waals surface area contributed by atoms with Gasteiger partial charge in [-0.05, 0) is 81.0 Å². The fourth-order valence-corrected chi connectivity index (χ4v) is 8.69. The average Bonchev–Trinajstić information content (AvgIpc) is 2.86. The molecule has 2 heteroatoms. The van der Waals surface area contributed by atoms with E-state index in [0.717, 1.165) is 31.6 Å². The van der Waals surface area contributed by atoms with Crippen molar-refractivity contribution in [1.82, 2.24) is 0 Å². The van der Waals surface area contributed by atoms with E-state index in [1.165, 1.54) is 128 Å². The van der Waals surface area contributed by atoms with E-state index in [-0.39, 0.29) is 5.41 Å². The van der Waals surface area contributed by atoms with Crippen molar-refractivity contribution in [3.05, 3.63) is 0 Å². The maximum Gasteiger partial charge on any atom is 0.310 e. The Kier molecular flexibility index (Phi) is 10.6. The zero-order valence-electron chi connectivity index (χ0n) is 22.4. The van der Waals surface area contributed by atoms with Gasteiger partial charge in [0.1, 0.15) is 0 Å². The summed E-state index contributed by atoms with van der Waals surface area (Å²) in [5.74, 6) is 0.477. The summed E-state index contributed by atoms with van der Waals surface area (Å²) >= 11 is 0. The molecular formula is C31H56O2. The van der Waals surface area contributed by atoms with Crippen LogP contribution in [0.15, 0.2) is 0 Å². The van der Waals surface area contributed by atoms with Crippen LogP contribution in [0, 0.1) is 22.2 Å². The van der Waals surface area contributed by atoms with E-state index < -0.39 is 11.4 Å². The van der Waals surface area contributed by atoms with Crippen molar-refractivity contribution in [2.75, 3.05) is 0 Å². The van der Waals surface area contributed by atoms with Gasteiger partial charge in [-0.15, -0.1) is 0 Å². The van der Waals surface area contributed by atoms with Gasteiger partial charge in [-0.25, -0.2) is 0 Å². The van der Waals surface area contributed by atoms with Gasteiger partial charge in [0.15, 0.2) is 0 Å². The van der Waals surface area contributed by atoms with E-state index in [1.807, 2.05) is 0 Å². The molecule has 0 radical (unpaired) electrons. The largest absolute Gasteiger partial charge is 0.481 e. The molecule has 33 heavy (non-hydrogen) atoms. The van der Waals surface area contributed by atoms with Crippen LogP contribution in [-0.4, -0.2) is 11.1 Å². The number of carboxylic acids is 1. The molecule has 0 heterocycles. The molecule has 0 saturated heterocycles. The fraction of sp³-hybridized carbons (Fsp3) is 0.968. The number of hydrogen-bond donors (Lipinski definition) is 1. The molecule has 192 valence electrons. The summed E-state index contributed by atoms with van der Waals surface area (Å²) in [4.78, 5) is 13.0. The number of hydrogen-bond acceptors (Lipinski definition) is 1. The van der Waals surface area contributed by atoms with Gasteiger partial charge >= 0.3 is 5.97 Å². The lowest BCUT2D eigenvalue weighted by molar-refractivity contribution is -0.171. The fourth-order valence-electron chi connectivity index (χ4n) is 8.69. The lowest BCUT2D eigenvalue weighted by Crippen LogP contribution is -2.53. The van der Waals surface area contributed by atoms with Crippen LogP contribution in [0.1, 0.15) is 168 Å². The Morgan fingerprint density at radius 2 is 1.21 bits per heavy atom. The van der Waals surface area contributed by atoms with Gasteiger partial charge < -0.3 is 5.11 Å². The molecule has 0 aromatic carbocycles. The molecule has 3 aliphatic carbocycles. The van der Waals surface area contributed by atoms with Crippen molar-refractivity contribution >= 4 is 5.97 Å². The van der Waals surface area contributed by atoms with Gasteiger partial charge in [-0.2, -0.15) is 0 Å². The minimum atomic E-state index is -0.438. The highest BCUT2D eigenvalue weighted by atomic mass is 16.4. The molecule has 3 rings (SSSR count). The number of rotatable bonds is 13. The van der Waals surface area contributed by atoms with Gasteiger partial charge in [0.25, 0.3) is 0 Å². The molecule has 0 atom stereocenters. The quantitative estimate of drug-likeness (QED) is 0.277. The summed E-state index contributed by atoms with van der Waals surface area (Å²) < 4.78 is 0. The number of carbonyl (C=O) groups is 1. The van der Waals surface area contributed by atoms with Crippen LogP contribution in [0.4, 0.5) is 0 Å². The summed E-state index contributed by atoms with van der Waals surface area (Å²) in [6.07, 6.45) is 30.8. The summed E-state index contributed by atoms with van der Waals surface area (Å²) in [6, 6.07) is 0. The highest BCUT2D eigenvalue weighted by molar-refractivity contribution is 5.76. The summed E-state index contributed by atoms with van der Waals surface area (Å²) in [5, 5.41) is 10.7. The molecule has 0 amide bonds. The van der Waals surface area contributed by atoms with Gasteiger partial charge in [-0.3, -0.25) is 4.79 Å². The van der Waals surface area contributed by atoms with Crippen LogP contribution in [0.25, 0.3) is 0 Å². The van der Waals surface area contributed by atoms with Crippen molar-refractivity contribution < 1.29 is 9.90 Å². The van der Waals surface area contributed by atoms with Crippen molar-refractivity contribution in [2.45, 2.75) is 168 Å². The topological polar surface area (TPSA) is 37.3 Å². The van der Waals surface area contributed by atoms with E-state index in [2.05, 4.69) is 13.8 Å². The monoisotopic (exact) mass is 460 g/mol. The highest BCUT2D eigenvalue weighted by Crippen LogP contribution is 2.64. The molecule has 3 saturated carbocycles. The van der Waals surface area contributed by atoms with E-state index in [0.29, 0.717) is 5.41 Å². The molecule has 0 aromatic heterocycles. The maximum atomic E-state index is 13.0. The van der Waals surface area contributed by atoms with Gasteiger partial charge in [-0.1, -0.05) is 104 Å². The molecule has 0 spiro atoms. The van der Waals surface area contributed by atoms with E-state index in [4.69, 9.17) is 0 Å². The zero-order valence-corrected chi connectivity index (χ0v) is 22.4. The van der Waals surface area contributed by atoms with Crippen LogP contribution >= 0.6 is 0 Å². The van der Waals surface area contributed by atoms with Crippen molar-refractivity contribution in [1.29, 1.82) is 0 Å². The molecule has 0 aromatic rings. The van der Waals surface area contributed by atoms with Crippen molar-refractivity contribution in [2.24, 2.45) is 22.2 Å². The number of carboxylic acid groups (broad SMARTS) is 1. The van der Waals surface area contributed by atoms with Crippen LogP contribution in [0.2, 0.25) is 0 Å². The van der Waals surface area contributed by atoms with Crippen LogP contribution in [-0.2, 0) is 4.79 Å². The molecule has 0 bridgehead atoms. The first-order valence-electron chi connectivity index (χ1n) is 15.3. The second kappa shape index (κ2) is 13.0. The first-order valence-corrected chi connectivity index (χ1v) is 15.3. The maximum absolute atomic E-state index is 13.0. The summed E-state index contributed by atoms with van der Waals surface area (Å²) in [6.45, 7) is 4.62. The number of aliphatic carboxylic acids is 1. The average molecular weight is 461 g/mol. The van der Waals surface area contributed by atoms with Crippen LogP contribution in [0.3, 0.4) is 0 Å². The van der Waals surface area contributed by atoms with Crippen LogP contribution < -0.4 is 0 Å². The molecule has 3 fully saturated rings. The molecule has 1 N–H and O–H groups in total. The third-order valence-electron chi connectivity index (χ3n) is 10.8. The van der Waals surface area contributed by atoms with E-state index in [9.17, 15) is 9.90 Å². The minimum absolute atomic E-state index is 0.0639. The standard InChI is InChI=1S/C31H56O2/c1-3-5-7-8-14-20-30(31(28(32)33)21-15-10-16-22-31)25-23-29(24-26-30,19-13-6-4-2)27-17-11-9-12-18-27/h27H,3-26H2,1-2H3,(H,32,33). The third kappa shape index (κ3) is 6.19. The van der Waals surface area contributed by atoms with Crippen molar-refractivity contribution in [3.63, 3.8) is 0 Å². The number of unbranched alkanes of at least 4 members (excludes halogenated alkanes) is 6. The molecule has 2 nitrogen and oxygen atoms in total. The normalized spacial score (nSPS) is 30.8. The first-order chi connectivity index (χ1) is 16.0. The molecule has 3 aliphatic rings. The predicted octanol–water partition coefficient (Wildman–Crippen LogP) is 10.1. The summed E-state index contributed by atoms with van der Waals surface area (Å²) in [5.41, 5.74) is 0.155.